The predicted molar refractivity (Wildman–Crippen MR) is 69.9 cm³/mol. The average molecular weight is 247 g/mol. The Balaban J connectivity index is 2.36. The molecule has 0 atom stereocenters. The smallest absolute Gasteiger partial charge is 0.132 e. The molecule has 5 heteroatoms. The fourth-order valence-electron chi connectivity index (χ4n) is 1.79. The van der Waals surface area contributed by atoms with Gasteiger partial charge in [0.25, 0.3) is 0 Å². The Bertz CT molecular complexity index is 523. The molecule has 0 unspecified atom stereocenters. The van der Waals surface area contributed by atoms with Gasteiger partial charge in [-0.25, -0.2) is 0 Å². The Kier molecular flexibility index (Phi) is 3.84. The van der Waals surface area contributed by atoms with E-state index in [0.29, 0.717) is 6.54 Å². The van der Waals surface area contributed by atoms with Crippen LogP contribution in [0.2, 0.25) is 0 Å². The van der Waals surface area contributed by atoms with E-state index in [1.165, 1.54) is 0 Å². The van der Waals surface area contributed by atoms with E-state index < -0.39 is 0 Å². The molecule has 0 aliphatic rings. The van der Waals surface area contributed by atoms with Crippen LogP contribution in [0, 0.1) is 0 Å². The molecule has 0 bridgehead atoms. The van der Waals surface area contributed by atoms with Crippen molar-refractivity contribution in [3.05, 3.63) is 30.0 Å². The van der Waals surface area contributed by atoms with Gasteiger partial charge >= 0.3 is 0 Å². The number of H-pyrrole nitrogens is 1. The summed E-state index contributed by atoms with van der Waals surface area (Å²) in [6.07, 6.45) is 0.783. The normalized spacial score (nSPS) is 10.4. The largest absolute Gasteiger partial charge is 0.497 e. The van der Waals surface area contributed by atoms with Gasteiger partial charge in [-0.05, 0) is 24.7 Å². The molecule has 96 valence electrons. The second-order valence-corrected chi connectivity index (χ2v) is 3.88. The number of methoxy groups -OCH3 is 2. The first-order chi connectivity index (χ1) is 8.78. The topological polar surface area (TPSA) is 73.2 Å². The molecule has 0 saturated carbocycles. The summed E-state index contributed by atoms with van der Waals surface area (Å²) in [5.41, 5.74) is 8.31. The van der Waals surface area contributed by atoms with Crippen LogP contribution in [-0.2, 0) is 6.42 Å². The fraction of sp³-hybridized carbons (Fsp3) is 0.308. The van der Waals surface area contributed by atoms with Gasteiger partial charge in [-0.3, -0.25) is 5.10 Å². The number of aromatic amines is 1. The van der Waals surface area contributed by atoms with Gasteiger partial charge in [-0.15, -0.1) is 0 Å². The zero-order chi connectivity index (χ0) is 13.0. The van der Waals surface area contributed by atoms with Crippen LogP contribution in [0.4, 0.5) is 0 Å². The van der Waals surface area contributed by atoms with Crippen molar-refractivity contribution in [1.82, 2.24) is 10.2 Å². The lowest BCUT2D eigenvalue weighted by Crippen LogP contribution is -2.02. The molecule has 5 nitrogen and oxygen atoms in total. The number of hydrogen-bond donors (Lipinski definition) is 2. The van der Waals surface area contributed by atoms with E-state index in [-0.39, 0.29) is 0 Å². The molecule has 1 heterocycles. The standard InChI is InChI=1S/C13H17N3O2/c1-17-10-3-4-11(13(8-10)18-2)12-7-9(5-6-14)15-16-12/h3-4,7-8H,5-6,14H2,1-2H3,(H,15,16). The van der Waals surface area contributed by atoms with Crippen molar-refractivity contribution in [2.75, 3.05) is 20.8 Å². The molecule has 1 aromatic carbocycles. The summed E-state index contributed by atoms with van der Waals surface area (Å²) in [4.78, 5) is 0. The monoisotopic (exact) mass is 247 g/mol. The Morgan fingerprint density at radius 1 is 1.22 bits per heavy atom. The van der Waals surface area contributed by atoms with Gasteiger partial charge in [0.15, 0.2) is 0 Å². The summed E-state index contributed by atoms with van der Waals surface area (Å²) in [5.74, 6) is 1.49. The van der Waals surface area contributed by atoms with Crippen molar-refractivity contribution in [3.63, 3.8) is 0 Å². The second-order valence-electron chi connectivity index (χ2n) is 3.88. The van der Waals surface area contributed by atoms with E-state index >= 15 is 0 Å². The maximum absolute atomic E-state index is 5.51. The van der Waals surface area contributed by atoms with Crippen molar-refractivity contribution in [1.29, 1.82) is 0 Å². The van der Waals surface area contributed by atoms with Crippen LogP contribution in [-0.4, -0.2) is 31.0 Å². The maximum atomic E-state index is 5.51. The Morgan fingerprint density at radius 3 is 2.72 bits per heavy atom. The summed E-state index contributed by atoms with van der Waals surface area (Å²) in [6.45, 7) is 0.599. The van der Waals surface area contributed by atoms with Gasteiger partial charge in [0.2, 0.25) is 0 Å². The highest BCUT2D eigenvalue weighted by Gasteiger charge is 2.10. The highest BCUT2D eigenvalue weighted by Crippen LogP contribution is 2.32. The van der Waals surface area contributed by atoms with Gasteiger partial charge in [0.1, 0.15) is 11.5 Å². The van der Waals surface area contributed by atoms with E-state index in [0.717, 1.165) is 34.9 Å². The third kappa shape index (κ3) is 2.46. The Hall–Kier alpha value is -2.01. The molecule has 0 fully saturated rings. The SMILES string of the molecule is COc1ccc(-c2cc(CCN)[nH]n2)c(OC)c1. The third-order valence-corrected chi connectivity index (χ3v) is 2.73. The molecular weight excluding hydrogens is 230 g/mol. The number of nitrogens with one attached hydrogen (secondary N) is 1. The Labute approximate surface area is 106 Å². The van der Waals surface area contributed by atoms with Crippen molar-refractivity contribution < 1.29 is 9.47 Å². The number of nitrogens with zero attached hydrogens (tertiary/aromatic N) is 1. The van der Waals surface area contributed by atoms with Crippen molar-refractivity contribution in [2.24, 2.45) is 5.73 Å². The van der Waals surface area contributed by atoms with Crippen molar-refractivity contribution in [2.45, 2.75) is 6.42 Å². The number of hydrogen-bond acceptors (Lipinski definition) is 4. The minimum Gasteiger partial charge on any atom is -0.497 e. The van der Waals surface area contributed by atoms with Gasteiger partial charge in [0, 0.05) is 23.7 Å². The highest BCUT2D eigenvalue weighted by atomic mass is 16.5. The first kappa shape index (κ1) is 12.4. The molecule has 0 spiro atoms. The molecule has 0 aliphatic heterocycles. The van der Waals surface area contributed by atoms with Crippen LogP contribution in [0.15, 0.2) is 24.3 Å². The highest BCUT2D eigenvalue weighted by molar-refractivity contribution is 5.68. The molecule has 0 aliphatic carbocycles. The lowest BCUT2D eigenvalue weighted by molar-refractivity contribution is 0.395. The summed E-state index contributed by atoms with van der Waals surface area (Å²) in [7, 11) is 3.26. The average Bonchev–Trinajstić information content (AvgIpc) is 2.87. The number of rotatable bonds is 5. The predicted octanol–water partition coefficient (Wildman–Crippen LogP) is 1.60. The van der Waals surface area contributed by atoms with E-state index in [9.17, 15) is 0 Å². The second kappa shape index (κ2) is 5.55. The van der Waals surface area contributed by atoms with Crippen LogP contribution < -0.4 is 15.2 Å². The van der Waals surface area contributed by atoms with Gasteiger partial charge in [0.05, 0.1) is 19.9 Å². The molecule has 18 heavy (non-hydrogen) atoms. The van der Waals surface area contributed by atoms with Crippen LogP contribution in [0.1, 0.15) is 5.69 Å². The number of ether oxygens (including phenoxy) is 2. The van der Waals surface area contributed by atoms with Gasteiger partial charge < -0.3 is 15.2 Å². The van der Waals surface area contributed by atoms with E-state index in [1.54, 1.807) is 14.2 Å². The summed E-state index contributed by atoms with van der Waals surface area (Å²) in [5, 5.41) is 7.24. The molecule has 2 rings (SSSR count). The van der Waals surface area contributed by atoms with Crippen molar-refractivity contribution in [3.8, 4) is 22.8 Å². The molecule has 1 aromatic heterocycles. The summed E-state index contributed by atoms with van der Waals surface area (Å²) in [6, 6.07) is 7.64. The quantitative estimate of drug-likeness (QED) is 0.841. The van der Waals surface area contributed by atoms with Crippen LogP contribution in [0.3, 0.4) is 0 Å². The van der Waals surface area contributed by atoms with Gasteiger partial charge in [-0.1, -0.05) is 0 Å². The molecule has 0 amide bonds. The van der Waals surface area contributed by atoms with Crippen molar-refractivity contribution >= 4 is 0 Å². The minimum absolute atomic E-state index is 0.599. The maximum Gasteiger partial charge on any atom is 0.132 e. The third-order valence-electron chi connectivity index (χ3n) is 2.73. The lowest BCUT2D eigenvalue weighted by Gasteiger charge is -2.08. The lowest BCUT2D eigenvalue weighted by atomic mass is 10.1. The van der Waals surface area contributed by atoms with Crippen LogP contribution in [0.5, 0.6) is 11.5 Å². The summed E-state index contributed by atoms with van der Waals surface area (Å²) >= 11 is 0. The zero-order valence-electron chi connectivity index (χ0n) is 10.6. The Morgan fingerprint density at radius 2 is 2.06 bits per heavy atom. The first-order valence-corrected chi connectivity index (χ1v) is 5.75. The molecular formula is C13H17N3O2. The first-order valence-electron chi connectivity index (χ1n) is 5.75. The molecule has 3 N–H and O–H groups in total. The molecule has 0 saturated heterocycles. The number of benzene rings is 1. The minimum atomic E-state index is 0.599. The zero-order valence-corrected chi connectivity index (χ0v) is 10.6. The van der Waals surface area contributed by atoms with E-state index in [2.05, 4.69) is 10.2 Å². The van der Waals surface area contributed by atoms with E-state index in [1.807, 2.05) is 24.3 Å². The van der Waals surface area contributed by atoms with Crippen LogP contribution in [0.25, 0.3) is 11.3 Å². The molecule has 0 radical (unpaired) electrons. The summed E-state index contributed by atoms with van der Waals surface area (Å²) < 4.78 is 10.5. The fourth-order valence-corrected chi connectivity index (χ4v) is 1.79. The van der Waals surface area contributed by atoms with Crippen LogP contribution >= 0.6 is 0 Å². The number of aromatic nitrogens is 2. The number of nitrogens with two attached hydrogens (primary N) is 1. The molecule has 2 aromatic rings. The van der Waals surface area contributed by atoms with Gasteiger partial charge in [-0.2, -0.15) is 5.10 Å². The van der Waals surface area contributed by atoms with E-state index in [4.69, 9.17) is 15.2 Å².